The van der Waals surface area contributed by atoms with Gasteiger partial charge in [-0.3, -0.25) is 0 Å². The van der Waals surface area contributed by atoms with Crippen molar-refractivity contribution >= 4 is 0 Å². The molecule has 0 saturated heterocycles. The number of ether oxygens (including phenoxy) is 1. The molecule has 0 spiro atoms. The molecule has 0 fully saturated rings. The van der Waals surface area contributed by atoms with Crippen molar-refractivity contribution in [2.45, 2.75) is 45.8 Å². The highest BCUT2D eigenvalue weighted by Crippen LogP contribution is 2.27. The molecule has 1 aliphatic rings. The quantitative estimate of drug-likeness (QED) is 0.800. The van der Waals surface area contributed by atoms with Gasteiger partial charge in [-0.05, 0) is 44.4 Å². The summed E-state index contributed by atoms with van der Waals surface area (Å²) in [4.78, 5) is 0. The first-order valence-corrected chi connectivity index (χ1v) is 6.93. The van der Waals surface area contributed by atoms with E-state index in [1.54, 1.807) is 0 Å². The Balaban J connectivity index is 2.13. The third-order valence-corrected chi connectivity index (χ3v) is 3.34. The van der Waals surface area contributed by atoms with Crippen LogP contribution in [0, 0.1) is 6.92 Å². The molecule has 0 radical (unpaired) electrons. The minimum atomic E-state index is 0.250. The van der Waals surface area contributed by atoms with E-state index in [9.17, 15) is 0 Å². The van der Waals surface area contributed by atoms with Crippen molar-refractivity contribution in [1.82, 2.24) is 5.32 Å². The Bertz CT molecular complexity index is 412. The van der Waals surface area contributed by atoms with Crippen LogP contribution in [-0.2, 0) is 6.54 Å². The molecule has 1 unspecified atom stereocenters. The summed E-state index contributed by atoms with van der Waals surface area (Å²) in [5.74, 6) is 1.06. The molecule has 2 nitrogen and oxygen atoms in total. The van der Waals surface area contributed by atoms with Crippen molar-refractivity contribution in [3.8, 4) is 5.75 Å². The molecule has 0 bridgehead atoms. The van der Waals surface area contributed by atoms with Crippen LogP contribution >= 0.6 is 0 Å². The Morgan fingerprint density at radius 2 is 2.28 bits per heavy atom. The van der Waals surface area contributed by atoms with E-state index < -0.39 is 0 Å². The maximum atomic E-state index is 6.19. The van der Waals surface area contributed by atoms with Crippen LogP contribution < -0.4 is 10.1 Å². The SMILES string of the molecule is CCNCc1cccc(C)c1OC1C=CCCC1. The molecule has 0 amide bonds. The van der Waals surface area contributed by atoms with E-state index in [0.717, 1.165) is 25.3 Å². The van der Waals surface area contributed by atoms with Crippen LogP contribution in [0.25, 0.3) is 0 Å². The molecule has 2 rings (SSSR count). The molecule has 1 aromatic carbocycles. The number of para-hydroxylation sites is 1. The van der Waals surface area contributed by atoms with Gasteiger partial charge >= 0.3 is 0 Å². The van der Waals surface area contributed by atoms with E-state index in [0.29, 0.717) is 0 Å². The van der Waals surface area contributed by atoms with Crippen LogP contribution in [0.5, 0.6) is 5.75 Å². The fraction of sp³-hybridized carbons (Fsp3) is 0.500. The van der Waals surface area contributed by atoms with Gasteiger partial charge in [0.1, 0.15) is 11.9 Å². The highest BCUT2D eigenvalue weighted by molar-refractivity contribution is 5.41. The van der Waals surface area contributed by atoms with Crippen molar-refractivity contribution < 1.29 is 4.74 Å². The smallest absolute Gasteiger partial charge is 0.127 e. The van der Waals surface area contributed by atoms with Gasteiger partial charge in [0, 0.05) is 12.1 Å². The second-order valence-corrected chi connectivity index (χ2v) is 4.86. The number of rotatable bonds is 5. The number of benzene rings is 1. The Hall–Kier alpha value is -1.28. The largest absolute Gasteiger partial charge is 0.486 e. The summed E-state index contributed by atoms with van der Waals surface area (Å²) in [6.07, 6.45) is 8.24. The maximum Gasteiger partial charge on any atom is 0.127 e. The molecule has 1 atom stereocenters. The van der Waals surface area contributed by atoms with E-state index >= 15 is 0 Å². The lowest BCUT2D eigenvalue weighted by Crippen LogP contribution is -2.19. The van der Waals surface area contributed by atoms with Gasteiger partial charge in [-0.15, -0.1) is 0 Å². The first-order chi connectivity index (χ1) is 8.81. The van der Waals surface area contributed by atoms with Crippen molar-refractivity contribution in [1.29, 1.82) is 0 Å². The van der Waals surface area contributed by atoms with Gasteiger partial charge in [-0.2, -0.15) is 0 Å². The minimum absolute atomic E-state index is 0.250. The summed E-state index contributed by atoms with van der Waals surface area (Å²) in [7, 11) is 0. The zero-order chi connectivity index (χ0) is 12.8. The molecule has 0 heterocycles. The van der Waals surface area contributed by atoms with Gasteiger partial charge in [-0.1, -0.05) is 31.2 Å². The van der Waals surface area contributed by atoms with Gasteiger partial charge < -0.3 is 10.1 Å². The van der Waals surface area contributed by atoms with E-state index in [-0.39, 0.29) is 6.10 Å². The monoisotopic (exact) mass is 245 g/mol. The number of hydrogen-bond acceptors (Lipinski definition) is 2. The topological polar surface area (TPSA) is 21.3 Å². The van der Waals surface area contributed by atoms with Crippen molar-refractivity contribution in [3.05, 3.63) is 41.5 Å². The predicted molar refractivity (Wildman–Crippen MR) is 76.0 cm³/mol. The van der Waals surface area contributed by atoms with E-state index in [1.165, 1.54) is 24.0 Å². The number of hydrogen-bond donors (Lipinski definition) is 1. The normalized spacial score (nSPS) is 18.9. The summed E-state index contributed by atoms with van der Waals surface area (Å²) in [5, 5.41) is 3.37. The molecule has 1 aromatic rings. The van der Waals surface area contributed by atoms with Crippen LogP contribution in [-0.4, -0.2) is 12.6 Å². The number of aryl methyl sites for hydroxylation is 1. The summed E-state index contributed by atoms with van der Waals surface area (Å²) in [5.41, 5.74) is 2.49. The Morgan fingerprint density at radius 1 is 1.39 bits per heavy atom. The molecule has 0 saturated carbocycles. The third-order valence-electron chi connectivity index (χ3n) is 3.34. The fourth-order valence-corrected chi connectivity index (χ4v) is 2.31. The van der Waals surface area contributed by atoms with Gasteiger partial charge in [0.15, 0.2) is 0 Å². The zero-order valence-electron chi connectivity index (χ0n) is 11.4. The standard InChI is InChI=1S/C16H23NO/c1-3-17-12-14-9-7-8-13(2)16(14)18-15-10-5-4-6-11-15/h5,7-10,15,17H,3-4,6,11-12H2,1-2H3. The molecule has 1 aliphatic carbocycles. The Labute approximate surface area is 110 Å². The summed E-state index contributed by atoms with van der Waals surface area (Å²) in [6, 6.07) is 6.38. The van der Waals surface area contributed by atoms with Crippen molar-refractivity contribution in [3.63, 3.8) is 0 Å². The van der Waals surface area contributed by atoms with Crippen LogP contribution in [0.15, 0.2) is 30.4 Å². The lowest BCUT2D eigenvalue weighted by atomic mass is 10.0. The van der Waals surface area contributed by atoms with Crippen molar-refractivity contribution in [2.24, 2.45) is 0 Å². The van der Waals surface area contributed by atoms with E-state index in [4.69, 9.17) is 4.74 Å². The van der Waals surface area contributed by atoms with E-state index in [1.807, 2.05) is 0 Å². The fourth-order valence-electron chi connectivity index (χ4n) is 2.31. The van der Waals surface area contributed by atoms with Gasteiger partial charge in [0.05, 0.1) is 0 Å². The maximum absolute atomic E-state index is 6.19. The highest BCUT2D eigenvalue weighted by atomic mass is 16.5. The van der Waals surface area contributed by atoms with Crippen molar-refractivity contribution in [2.75, 3.05) is 6.54 Å². The zero-order valence-corrected chi connectivity index (χ0v) is 11.4. The summed E-state index contributed by atoms with van der Waals surface area (Å²) in [6.45, 7) is 6.11. The Morgan fingerprint density at radius 3 is 3.00 bits per heavy atom. The number of nitrogens with one attached hydrogen (secondary N) is 1. The molecule has 2 heteroatoms. The summed E-state index contributed by atoms with van der Waals surface area (Å²) < 4.78 is 6.19. The first-order valence-electron chi connectivity index (χ1n) is 6.93. The highest BCUT2D eigenvalue weighted by Gasteiger charge is 2.13. The third kappa shape index (κ3) is 3.36. The molecule has 98 valence electrons. The average molecular weight is 245 g/mol. The molecule has 0 aromatic heterocycles. The first kappa shape index (κ1) is 13.2. The van der Waals surface area contributed by atoms with Crippen LogP contribution in [0.1, 0.15) is 37.3 Å². The number of allylic oxidation sites excluding steroid dienone is 1. The minimum Gasteiger partial charge on any atom is -0.486 e. The van der Waals surface area contributed by atoms with Gasteiger partial charge in [0.2, 0.25) is 0 Å². The second-order valence-electron chi connectivity index (χ2n) is 4.86. The predicted octanol–water partition coefficient (Wildman–Crippen LogP) is 3.59. The molecular formula is C16H23NO. The van der Waals surface area contributed by atoms with Crippen LogP contribution in [0.4, 0.5) is 0 Å². The van der Waals surface area contributed by atoms with Crippen LogP contribution in [0.2, 0.25) is 0 Å². The second kappa shape index (κ2) is 6.60. The lowest BCUT2D eigenvalue weighted by Gasteiger charge is -2.22. The summed E-state index contributed by atoms with van der Waals surface area (Å²) >= 11 is 0. The van der Waals surface area contributed by atoms with Gasteiger partial charge in [-0.25, -0.2) is 0 Å². The average Bonchev–Trinajstić information content (AvgIpc) is 2.41. The molecule has 0 aliphatic heterocycles. The van der Waals surface area contributed by atoms with E-state index in [2.05, 4.69) is 49.5 Å². The molecule has 18 heavy (non-hydrogen) atoms. The van der Waals surface area contributed by atoms with Gasteiger partial charge in [0.25, 0.3) is 0 Å². The lowest BCUT2D eigenvalue weighted by molar-refractivity contribution is 0.226. The molecular weight excluding hydrogens is 222 g/mol. The molecule has 1 N–H and O–H groups in total. The van der Waals surface area contributed by atoms with Crippen LogP contribution in [0.3, 0.4) is 0 Å². The Kier molecular flexibility index (Phi) is 4.82.